The third-order valence-corrected chi connectivity index (χ3v) is 7.59. The van der Waals surface area contributed by atoms with E-state index in [0.717, 1.165) is 58.3 Å². The summed E-state index contributed by atoms with van der Waals surface area (Å²) in [7, 11) is 0. The SMILES string of the molecule is O=C(N(Cc1cccs1)C1CCOCC1)C1(c2cccs2)CCCC1. The Kier molecular flexibility index (Phi) is 5.25. The summed E-state index contributed by atoms with van der Waals surface area (Å²) in [4.78, 5) is 18.6. The van der Waals surface area contributed by atoms with Crippen LogP contribution in [0.25, 0.3) is 0 Å². The van der Waals surface area contributed by atoms with Gasteiger partial charge >= 0.3 is 0 Å². The number of carbonyl (C=O) groups excluding carboxylic acids is 1. The Hall–Kier alpha value is -1.17. The summed E-state index contributed by atoms with van der Waals surface area (Å²) in [5.74, 6) is 0.354. The van der Waals surface area contributed by atoms with E-state index in [1.807, 2.05) is 0 Å². The second kappa shape index (κ2) is 7.60. The molecular formula is C20H25NO2S2. The Morgan fingerprint density at radius 1 is 1.12 bits per heavy atom. The second-order valence-corrected chi connectivity index (χ2v) is 9.10. The molecule has 1 aliphatic carbocycles. The van der Waals surface area contributed by atoms with Crippen LogP contribution < -0.4 is 0 Å². The first kappa shape index (κ1) is 17.3. The molecule has 0 unspecified atom stereocenters. The van der Waals surface area contributed by atoms with Crippen molar-refractivity contribution in [2.45, 2.75) is 56.5 Å². The topological polar surface area (TPSA) is 29.5 Å². The lowest BCUT2D eigenvalue weighted by atomic mass is 9.82. The molecule has 1 saturated heterocycles. The Morgan fingerprint density at radius 2 is 1.84 bits per heavy atom. The van der Waals surface area contributed by atoms with Crippen molar-refractivity contribution in [2.75, 3.05) is 13.2 Å². The molecule has 0 spiro atoms. The van der Waals surface area contributed by atoms with Crippen LogP contribution in [0.1, 0.15) is 48.3 Å². The Labute approximate surface area is 157 Å². The molecule has 0 bridgehead atoms. The first-order valence-corrected chi connectivity index (χ1v) is 11.0. The van der Waals surface area contributed by atoms with E-state index in [-0.39, 0.29) is 5.41 Å². The third-order valence-electron chi connectivity index (χ3n) is 5.66. The van der Waals surface area contributed by atoms with Gasteiger partial charge in [0.05, 0.1) is 12.0 Å². The van der Waals surface area contributed by atoms with Crippen molar-refractivity contribution in [3.05, 3.63) is 44.8 Å². The zero-order chi connectivity index (χ0) is 17.1. The van der Waals surface area contributed by atoms with Crippen molar-refractivity contribution < 1.29 is 9.53 Å². The first-order valence-electron chi connectivity index (χ1n) is 9.25. The van der Waals surface area contributed by atoms with Gasteiger partial charge in [0.1, 0.15) is 0 Å². The van der Waals surface area contributed by atoms with E-state index >= 15 is 0 Å². The van der Waals surface area contributed by atoms with Crippen LogP contribution in [-0.4, -0.2) is 30.1 Å². The minimum absolute atomic E-state index is 0.288. The van der Waals surface area contributed by atoms with Gasteiger partial charge in [-0.2, -0.15) is 0 Å². The van der Waals surface area contributed by atoms with Gasteiger partial charge in [0.2, 0.25) is 5.91 Å². The van der Waals surface area contributed by atoms with Crippen molar-refractivity contribution in [3.63, 3.8) is 0 Å². The molecule has 2 aromatic rings. The fourth-order valence-electron chi connectivity index (χ4n) is 4.30. The number of nitrogens with zero attached hydrogens (tertiary/aromatic N) is 1. The lowest BCUT2D eigenvalue weighted by Gasteiger charge is -2.40. The third kappa shape index (κ3) is 3.42. The lowest BCUT2D eigenvalue weighted by molar-refractivity contribution is -0.142. The summed E-state index contributed by atoms with van der Waals surface area (Å²) in [5, 5.41) is 4.22. The molecule has 5 heteroatoms. The summed E-state index contributed by atoms with van der Waals surface area (Å²) in [6.07, 6.45) is 6.22. The van der Waals surface area contributed by atoms with E-state index in [1.54, 1.807) is 22.7 Å². The van der Waals surface area contributed by atoms with Gasteiger partial charge in [0, 0.05) is 29.0 Å². The molecule has 1 aliphatic heterocycles. The number of rotatable bonds is 5. The Bertz CT molecular complexity index is 669. The van der Waals surface area contributed by atoms with Crippen LogP contribution in [-0.2, 0) is 21.5 Å². The van der Waals surface area contributed by atoms with E-state index in [1.165, 1.54) is 9.75 Å². The minimum Gasteiger partial charge on any atom is -0.381 e. The van der Waals surface area contributed by atoms with Gasteiger partial charge in [0.25, 0.3) is 0 Å². The average Bonchev–Trinajstić information content (AvgIpc) is 3.42. The van der Waals surface area contributed by atoms with Gasteiger partial charge in [-0.3, -0.25) is 4.79 Å². The maximum Gasteiger partial charge on any atom is 0.234 e. The van der Waals surface area contributed by atoms with Gasteiger partial charge in [-0.25, -0.2) is 0 Å². The maximum atomic E-state index is 13.9. The van der Waals surface area contributed by atoms with Gasteiger partial charge in [0.15, 0.2) is 0 Å². The normalized spacial score (nSPS) is 20.6. The maximum absolute atomic E-state index is 13.9. The van der Waals surface area contributed by atoms with Crippen LogP contribution in [0.4, 0.5) is 0 Å². The zero-order valence-corrected chi connectivity index (χ0v) is 16.1. The zero-order valence-electron chi connectivity index (χ0n) is 14.5. The second-order valence-electron chi connectivity index (χ2n) is 7.12. The molecule has 134 valence electrons. The predicted molar refractivity (Wildman–Crippen MR) is 103 cm³/mol. The largest absolute Gasteiger partial charge is 0.381 e. The summed E-state index contributed by atoms with van der Waals surface area (Å²) in [5.41, 5.74) is -0.288. The quantitative estimate of drug-likeness (QED) is 0.749. The predicted octanol–water partition coefficient (Wildman–Crippen LogP) is 4.83. The van der Waals surface area contributed by atoms with Gasteiger partial charge < -0.3 is 9.64 Å². The standard InChI is InChI=1S/C20H25NO2S2/c22-19(20(9-1-2-10-20)18-6-4-14-25-18)21(15-17-5-3-13-24-17)16-7-11-23-12-8-16/h3-6,13-14,16H,1-2,7-12,15H2. The van der Waals surface area contributed by atoms with Crippen molar-refractivity contribution in [2.24, 2.45) is 0 Å². The molecule has 3 heterocycles. The fourth-order valence-corrected chi connectivity index (χ4v) is 5.98. The van der Waals surface area contributed by atoms with E-state index in [9.17, 15) is 4.79 Å². The number of thiophene rings is 2. The number of hydrogen-bond donors (Lipinski definition) is 0. The van der Waals surface area contributed by atoms with Crippen molar-refractivity contribution in [1.82, 2.24) is 4.90 Å². The molecular weight excluding hydrogens is 350 g/mol. The molecule has 0 N–H and O–H groups in total. The van der Waals surface area contributed by atoms with E-state index in [0.29, 0.717) is 11.9 Å². The number of amides is 1. The van der Waals surface area contributed by atoms with E-state index in [2.05, 4.69) is 39.9 Å². The summed E-state index contributed by atoms with van der Waals surface area (Å²) >= 11 is 3.50. The van der Waals surface area contributed by atoms with Crippen LogP contribution in [0.15, 0.2) is 35.0 Å². The van der Waals surface area contributed by atoms with Crippen molar-refractivity contribution in [1.29, 1.82) is 0 Å². The highest BCUT2D eigenvalue weighted by atomic mass is 32.1. The summed E-state index contributed by atoms with van der Waals surface area (Å²) in [6, 6.07) is 8.79. The molecule has 0 aromatic carbocycles. The van der Waals surface area contributed by atoms with Gasteiger partial charge in [-0.1, -0.05) is 25.0 Å². The average molecular weight is 376 g/mol. The Balaban J connectivity index is 1.65. The highest BCUT2D eigenvalue weighted by Gasteiger charge is 2.47. The molecule has 2 aromatic heterocycles. The minimum atomic E-state index is -0.288. The summed E-state index contributed by atoms with van der Waals surface area (Å²) < 4.78 is 5.55. The van der Waals surface area contributed by atoms with E-state index in [4.69, 9.17) is 4.74 Å². The fraction of sp³-hybridized carbons (Fsp3) is 0.550. The Morgan fingerprint density at radius 3 is 2.48 bits per heavy atom. The molecule has 4 rings (SSSR count). The molecule has 0 radical (unpaired) electrons. The van der Waals surface area contributed by atoms with E-state index < -0.39 is 0 Å². The molecule has 2 fully saturated rings. The van der Waals surface area contributed by atoms with Crippen LogP contribution >= 0.6 is 22.7 Å². The number of hydrogen-bond acceptors (Lipinski definition) is 4. The van der Waals surface area contributed by atoms with Gasteiger partial charge in [-0.05, 0) is 48.6 Å². The molecule has 0 atom stereocenters. The molecule has 3 nitrogen and oxygen atoms in total. The van der Waals surface area contributed by atoms with Crippen molar-refractivity contribution >= 4 is 28.6 Å². The lowest BCUT2D eigenvalue weighted by Crippen LogP contribution is -2.50. The van der Waals surface area contributed by atoms with Crippen molar-refractivity contribution in [3.8, 4) is 0 Å². The van der Waals surface area contributed by atoms with Gasteiger partial charge in [-0.15, -0.1) is 22.7 Å². The van der Waals surface area contributed by atoms with Crippen LogP contribution in [0.3, 0.4) is 0 Å². The molecule has 2 aliphatic rings. The van der Waals surface area contributed by atoms with Crippen LogP contribution in [0, 0.1) is 0 Å². The highest BCUT2D eigenvalue weighted by Crippen LogP contribution is 2.45. The highest BCUT2D eigenvalue weighted by molar-refractivity contribution is 7.10. The first-order chi connectivity index (χ1) is 12.3. The van der Waals surface area contributed by atoms with Crippen LogP contribution in [0.2, 0.25) is 0 Å². The molecule has 25 heavy (non-hydrogen) atoms. The smallest absolute Gasteiger partial charge is 0.234 e. The molecule has 1 saturated carbocycles. The molecule has 1 amide bonds. The number of carbonyl (C=O) groups is 1. The number of ether oxygens (including phenoxy) is 1. The summed E-state index contributed by atoms with van der Waals surface area (Å²) in [6.45, 7) is 2.28. The van der Waals surface area contributed by atoms with Crippen LogP contribution in [0.5, 0.6) is 0 Å². The monoisotopic (exact) mass is 375 g/mol.